The lowest BCUT2D eigenvalue weighted by Crippen LogP contribution is -2.06. The maximum Gasteiger partial charge on any atom is 0.337 e. The molecule has 156 valence electrons. The number of para-hydroxylation sites is 2. The number of carboxylic acid groups (broad SMARTS) is 1. The van der Waals surface area contributed by atoms with Gasteiger partial charge in [-0.3, -0.25) is 0 Å². The number of aromatic nitrogens is 1. The Morgan fingerprint density at radius 1 is 0.897 bits per heavy atom. The summed E-state index contributed by atoms with van der Waals surface area (Å²) < 4.78 is 0. The van der Waals surface area contributed by atoms with Gasteiger partial charge < -0.3 is 10.4 Å². The average molecular weight is 395 g/mol. The number of aromatic carboxylic acids is 1. The van der Waals surface area contributed by atoms with Gasteiger partial charge in [0.15, 0.2) is 0 Å². The monoisotopic (exact) mass is 394 g/mol. The third-order valence-electron chi connectivity index (χ3n) is 5.06. The minimum absolute atomic E-state index is 0.244. The summed E-state index contributed by atoms with van der Waals surface area (Å²) in [6, 6.07) is 14.8. The van der Waals surface area contributed by atoms with Gasteiger partial charge in [0, 0.05) is 10.8 Å². The zero-order valence-electron chi connectivity index (χ0n) is 17.8. The predicted octanol–water partition coefficient (Wildman–Crippen LogP) is 6.43. The Morgan fingerprint density at radius 2 is 1.55 bits per heavy atom. The number of hydrogen-bond donors (Lipinski definition) is 2. The van der Waals surface area contributed by atoms with Crippen LogP contribution in [0.3, 0.4) is 0 Å². The number of rotatable bonds is 10. The highest BCUT2D eigenvalue weighted by atomic mass is 16.4. The first-order chi connectivity index (χ1) is 14.2. The first kappa shape index (κ1) is 22.8. The van der Waals surface area contributed by atoms with Crippen LogP contribution < -0.4 is 5.32 Å². The molecular formula is C25H34N2O2. The SMILES string of the molecule is CCCCCCCCCCNC.O=C(O)c1cccc2cc3ccccc3nc12. The Balaban J connectivity index is 0.000000223. The van der Waals surface area contributed by atoms with Crippen molar-refractivity contribution in [1.29, 1.82) is 0 Å². The molecule has 0 fully saturated rings. The van der Waals surface area contributed by atoms with E-state index in [1.807, 2.05) is 43.4 Å². The van der Waals surface area contributed by atoms with Gasteiger partial charge in [0.2, 0.25) is 0 Å². The molecule has 0 aliphatic carbocycles. The van der Waals surface area contributed by atoms with Crippen molar-refractivity contribution in [1.82, 2.24) is 10.3 Å². The van der Waals surface area contributed by atoms with Gasteiger partial charge in [0.25, 0.3) is 0 Å². The van der Waals surface area contributed by atoms with Crippen LogP contribution in [0.5, 0.6) is 0 Å². The van der Waals surface area contributed by atoms with E-state index in [-0.39, 0.29) is 5.56 Å². The number of benzene rings is 2. The van der Waals surface area contributed by atoms with E-state index in [1.54, 1.807) is 12.1 Å². The summed E-state index contributed by atoms with van der Waals surface area (Å²) in [5.41, 5.74) is 1.60. The summed E-state index contributed by atoms with van der Waals surface area (Å²) >= 11 is 0. The quantitative estimate of drug-likeness (QED) is 0.307. The summed E-state index contributed by atoms with van der Waals surface area (Å²) in [6.07, 6.45) is 11.3. The molecule has 0 saturated heterocycles. The molecule has 3 aromatic rings. The molecule has 0 aliphatic heterocycles. The lowest BCUT2D eigenvalue weighted by Gasteiger charge is -2.03. The molecule has 0 bridgehead atoms. The Bertz CT molecular complexity index is 882. The number of carboxylic acids is 1. The van der Waals surface area contributed by atoms with Crippen LogP contribution in [0.25, 0.3) is 21.8 Å². The van der Waals surface area contributed by atoms with Crippen molar-refractivity contribution in [2.24, 2.45) is 0 Å². The molecule has 4 nitrogen and oxygen atoms in total. The summed E-state index contributed by atoms with van der Waals surface area (Å²) in [4.78, 5) is 15.5. The van der Waals surface area contributed by atoms with E-state index in [0.29, 0.717) is 5.52 Å². The highest BCUT2D eigenvalue weighted by Gasteiger charge is 2.09. The molecule has 0 aliphatic rings. The number of fused-ring (bicyclic) bond motifs is 2. The van der Waals surface area contributed by atoms with Crippen molar-refractivity contribution in [2.75, 3.05) is 13.6 Å². The minimum Gasteiger partial charge on any atom is -0.478 e. The fourth-order valence-corrected chi connectivity index (χ4v) is 3.41. The molecule has 1 aromatic heterocycles. The first-order valence-electron chi connectivity index (χ1n) is 10.8. The Kier molecular flexibility index (Phi) is 10.1. The largest absolute Gasteiger partial charge is 0.478 e. The fraction of sp³-hybridized carbons (Fsp3) is 0.440. The standard InChI is InChI=1S/C14H9NO2.C11H25N/c16-14(17)11-6-3-5-10-8-9-4-1-2-7-12(9)15-13(10)11;1-3-4-5-6-7-8-9-10-11-12-2/h1-8H,(H,16,17);12H,3-11H2,1-2H3. The Hall–Kier alpha value is -2.46. The van der Waals surface area contributed by atoms with Gasteiger partial charge in [-0.05, 0) is 38.2 Å². The lowest BCUT2D eigenvalue weighted by atomic mass is 10.1. The number of unbranched alkanes of at least 4 members (excludes halogenated alkanes) is 7. The predicted molar refractivity (Wildman–Crippen MR) is 123 cm³/mol. The van der Waals surface area contributed by atoms with Crippen molar-refractivity contribution in [3.63, 3.8) is 0 Å². The molecule has 0 atom stereocenters. The van der Waals surface area contributed by atoms with Crippen molar-refractivity contribution in [2.45, 2.75) is 58.3 Å². The second-order valence-corrected chi connectivity index (χ2v) is 7.44. The van der Waals surface area contributed by atoms with Crippen LogP contribution in [0.4, 0.5) is 0 Å². The normalized spacial score (nSPS) is 10.7. The zero-order valence-corrected chi connectivity index (χ0v) is 17.8. The number of hydrogen-bond acceptors (Lipinski definition) is 3. The second-order valence-electron chi connectivity index (χ2n) is 7.44. The molecule has 0 radical (unpaired) electrons. The summed E-state index contributed by atoms with van der Waals surface area (Å²) in [7, 11) is 2.03. The molecule has 3 rings (SSSR count). The van der Waals surface area contributed by atoms with Gasteiger partial charge in [-0.1, -0.05) is 82.2 Å². The smallest absolute Gasteiger partial charge is 0.337 e. The van der Waals surface area contributed by atoms with Gasteiger partial charge in [-0.15, -0.1) is 0 Å². The van der Waals surface area contributed by atoms with Crippen LogP contribution >= 0.6 is 0 Å². The molecule has 2 N–H and O–H groups in total. The van der Waals surface area contributed by atoms with Gasteiger partial charge >= 0.3 is 5.97 Å². The number of pyridine rings is 1. The van der Waals surface area contributed by atoms with Crippen LogP contribution in [-0.2, 0) is 0 Å². The van der Waals surface area contributed by atoms with E-state index in [0.717, 1.165) is 16.3 Å². The van der Waals surface area contributed by atoms with E-state index in [9.17, 15) is 4.79 Å². The summed E-state index contributed by atoms with van der Waals surface area (Å²) in [6.45, 7) is 3.46. The van der Waals surface area contributed by atoms with Crippen molar-refractivity contribution in [3.05, 3.63) is 54.1 Å². The summed E-state index contributed by atoms with van der Waals surface area (Å²) in [5.74, 6) is -0.946. The molecule has 0 saturated carbocycles. The van der Waals surface area contributed by atoms with Crippen LogP contribution in [0.1, 0.15) is 68.6 Å². The molecule has 29 heavy (non-hydrogen) atoms. The van der Waals surface area contributed by atoms with E-state index in [4.69, 9.17) is 5.11 Å². The van der Waals surface area contributed by atoms with Gasteiger partial charge in [0.05, 0.1) is 16.6 Å². The zero-order chi connectivity index (χ0) is 20.9. The molecule has 2 aromatic carbocycles. The molecular weight excluding hydrogens is 360 g/mol. The van der Waals surface area contributed by atoms with Crippen LogP contribution in [0, 0.1) is 0 Å². The van der Waals surface area contributed by atoms with Gasteiger partial charge in [-0.2, -0.15) is 0 Å². The van der Waals surface area contributed by atoms with Crippen LogP contribution in [-0.4, -0.2) is 29.7 Å². The average Bonchev–Trinajstić information content (AvgIpc) is 2.74. The molecule has 0 spiro atoms. The Morgan fingerprint density at radius 3 is 2.24 bits per heavy atom. The maximum absolute atomic E-state index is 11.1. The minimum atomic E-state index is -0.946. The van der Waals surface area contributed by atoms with E-state index >= 15 is 0 Å². The lowest BCUT2D eigenvalue weighted by molar-refractivity contribution is 0.0699. The van der Waals surface area contributed by atoms with Crippen LogP contribution in [0.2, 0.25) is 0 Å². The highest BCUT2D eigenvalue weighted by molar-refractivity contribution is 6.04. The molecule has 0 unspecified atom stereocenters. The molecule has 4 heteroatoms. The molecule has 1 heterocycles. The highest BCUT2D eigenvalue weighted by Crippen LogP contribution is 2.22. The van der Waals surface area contributed by atoms with E-state index in [2.05, 4.69) is 17.2 Å². The van der Waals surface area contributed by atoms with Gasteiger partial charge in [0.1, 0.15) is 0 Å². The maximum atomic E-state index is 11.1. The topological polar surface area (TPSA) is 62.2 Å². The fourth-order valence-electron chi connectivity index (χ4n) is 3.41. The molecule has 0 amide bonds. The number of nitrogens with zero attached hydrogens (tertiary/aromatic N) is 1. The third kappa shape index (κ3) is 7.47. The van der Waals surface area contributed by atoms with Crippen molar-refractivity contribution in [3.8, 4) is 0 Å². The third-order valence-corrected chi connectivity index (χ3v) is 5.06. The Labute approximate surface area is 174 Å². The second kappa shape index (κ2) is 12.9. The number of carbonyl (C=O) groups is 1. The first-order valence-corrected chi connectivity index (χ1v) is 10.8. The van der Waals surface area contributed by atoms with E-state index < -0.39 is 5.97 Å². The summed E-state index contributed by atoms with van der Waals surface area (Å²) in [5, 5.41) is 14.2. The van der Waals surface area contributed by atoms with Crippen LogP contribution in [0.15, 0.2) is 48.5 Å². The van der Waals surface area contributed by atoms with E-state index in [1.165, 1.54) is 57.9 Å². The van der Waals surface area contributed by atoms with Gasteiger partial charge in [-0.25, -0.2) is 9.78 Å². The van der Waals surface area contributed by atoms with Crippen molar-refractivity contribution < 1.29 is 9.90 Å². The number of nitrogens with one attached hydrogen (secondary N) is 1. The van der Waals surface area contributed by atoms with Crippen molar-refractivity contribution >= 4 is 27.8 Å².